The molecule has 0 aliphatic carbocycles. The van der Waals surface area contributed by atoms with Gasteiger partial charge >= 0.3 is 0 Å². The molecule has 0 aliphatic rings. The standard InChI is InChI=1S/C7H10BrN3O2/c8-6-1-9-4-10-7(6)11-5(2-12)3-13/h1,4-5,12-13H,2-3H2,(H,9,10,11). The van der Waals surface area contributed by atoms with Crippen LogP contribution in [0.4, 0.5) is 5.82 Å². The van der Waals surface area contributed by atoms with Gasteiger partial charge in [-0.25, -0.2) is 9.97 Å². The third-order valence-corrected chi connectivity index (χ3v) is 2.03. The van der Waals surface area contributed by atoms with E-state index in [0.717, 1.165) is 0 Å². The predicted octanol–water partition coefficient (Wildman–Crippen LogP) is 0.00420. The third kappa shape index (κ3) is 2.91. The number of nitrogens with zero attached hydrogens (tertiary/aromatic N) is 2. The summed E-state index contributed by atoms with van der Waals surface area (Å²) in [5, 5.41) is 20.4. The van der Waals surface area contributed by atoms with Crippen LogP contribution in [0.15, 0.2) is 17.0 Å². The molecule has 72 valence electrons. The second-order valence-electron chi connectivity index (χ2n) is 2.43. The molecule has 0 aromatic carbocycles. The highest BCUT2D eigenvalue weighted by Crippen LogP contribution is 2.17. The molecule has 0 amide bonds. The molecule has 0 bridgehead atoms. The van der Waals surface area contributed by atoms with Crippen LogP contribution < -0.4 is 5.32 Å². The van der Waals surface area contributed by atoms with Gasteiger partial charge < -0.3 is 15.5 Å². The molecule has 6 heteroatoms. The molecular weight excluding hydrogens is 238 g/mol. The van der Waals surface area contributed by atoms with Crippen molar-refractivity contribution in [2.45, 2.75) is 6.04 Å². The Morgan fingerprint density at radius 1 is 1.46 bits per heavy atom. The maximum atomic E-state index is 8.80. The first kappa shape index (κ1) is 10.4. The van der Waals surface area contributed by atoms with Crippen molar-refractivity contribution >= 4 is 21.7 Å². The number of hydrogen-bond donors (Lipinski definition) is 3. The van der Waals surface area contributed by atoms with Gasteiger partial charge in [0.1, 0.15) is 12.1 Å². The molecule has 1 aromatic rings. The first-order valence-electron chi connectivity index (χ1n) is 3.71. The Kier molecular flexibility index (Phi) is 4.07. The second-order valence-corrected chi connectivity index (χ2v) is 3.28. The minimum Gasteiger partial charge on any atom is -0.394 e. The van der Waals surface area contributed by atoms with Crippen LogP contribution in [0.25, 0.3) is 0 Å². The van der Waals surface area contributed by atoms with Gasteiger partial charge in [0.15, 0.2) is 0 Å². The normalized spacial score (nSPS) is 10.5. The number of aromatic nitrogens is 2. The Morgan fingerprint density at radius 2 is 2.15 bits per heavy atom. The molecule has 5 nitrogen and oxygen atoms in total. The summed E-state index contributed by atoms with van der Waals surface area (Å²) in [5.41, 5.74) is 0. The van der Waals surface area contributed by atoms with Gasteiger partial charge in [-0.15, -0.1) is 0 Å². The minimum absolute atomic E-state index is 0.146. The number of anilines is 1. The zero-order chi connectivity index (χ0) is 9.68. The molecule has 0 spiro atoms. The van der Waals surface area contributed by atoms with Gasteiger partial charge in [0.05, 0.1) is 23.7 Å². The van der Waals surface area contributed by atoms with Gasteiger partial charge in [-0.1, -0.05) is 0 Å². The summed E-state index contributed by atoms with van der Waals surface area (Å²) in [7, 11) is 0. The molecule has 3 N–H and O–H groups in total. The fraction of sp³-hybridized carbons (Fsp3) is 0.429. The number of nitrogens with one attached hydrogen (secondary N) is 1. The van der Waals surface area contributed by atoms with Crippen LogP contribution in [0.3, 0.4) is 0 Å². The van der Waals surface area contributed by atoms with Gasteiger partial charge in [0.2, 0.25) is 0 Å². The van der Waals surface area contributed by atoms with E-state index >= 15 is 0 Å². The van der Waals surface area contributed by atoms with E-state index in [4.69, 9.17) is 10.2 Å². The first-order chi connectivity index (χ1) is 6.27. The van der Waals surface area contributed by atoms with Crippen LogP contribution in [-0.2, 0) is 0 Å². The van der Waals surface area contributed by atoms with Gasteiger partial charge in [-0.2, -0.15) is 0 Å². The van der Waals surface area contributed by atoms with Crippen molar-refractivity contribution in [3.63, 3.8) is 0 Å². The summed E-state index contributed by atoms with van der Waals surface area (Å²) in [5.74, 6) is 0.558. The van der Waals surface area contributed by atoms with Crippen molar-refractivity contribution in [1.82, 2.24) is 9.97 Å². The van der Waals surface area contributed by atoms with Crippen molar-refractivity contribution < 1.29 is 10.2 Å². The van der Waals surface area contributed by atoms with Crippen LogP contribution in [-0.4, -0.2) is 39.4 Å². The summed E-state index contributed by atoms with van der Waals surface area (Å²) in [6.45, 7) is -0.292. The Morgan fingerprint density at radius 3 is 2.69 bits per heavy atom. The van der Waals surface area contributed by atoms with Crippen molar-refractivity contribution in [2.75, 3.05) is 18.5 Å². The molecule has 0 unspecified atom stereocenters. The molecular formula is C7H10BrN3O2. The van der Waals surface area contributed by atoms with Crippen LogP contribution >= 0.6 is 15.9 Å². The number of hydrogen-bond acceptors (Lipinski definition) is 5. The number of rotatable bonds is 4. The fourth-order valence-electron chi connectivity index (χ4n) is 0.761. The van der Waals surface area contributed by atoms with E-state index < -0.39 is 6.04 Å². The summed E-state index contributed by atoms with van der Waals surface area (Å²) < 4.78 is 0.696. The SMILES string of the molecule is OCC(CO)Nc1ncncc1Br. The molecule has 13 heavy (non-hydrogen) atoms. The Balaban J connectivity index is 2.67. The Hall–Kier alpha value is -0.720. The van der Waals surface area contributed by atoms with E-state index in [2.05, 4.69) is 31.2 Å². The van der Waals surface area contributed by atoms with E-state index in [1.54, 1.807) is 6.20 Å². The number of aliphatic hydroxyl groups is 2. The van der Waals surface area contributed by atoms with Crippen molar-refractivity contribution in [1.29, 1.82) is 0 Å². The lowest BCUT2D eigenvalue weighted by Crippen LogP contribution is -2.28. The minimum atomic E-state index is -0.397. The van der Waals surface area contributed by atoms with E-state index in [9.17, 15) is 0 Å². The van der Waals surface area contributed by atoms with Gasteiger partial charge in [0, 0.05) is 6.20 Å². The summed E-state index contributed by atoms with van der Waals surface area (Å²) >= 11 is 3.23. The zero-order valence-corrected chi connectivity index (χ0v) is 8.40. The van der Waals surface area contributed by atoms with Crippen LogP contribution in [0, 0.1) is 0 Å². The summed E-state index contributed by atoms with van der Waals surface area (Å²) in [6, 6.07) is -0.397. The van der Waals surface area contributed by atoms with Crippen molar-refractivity contribution in [2.24, 2.45) is 0 Å². The lowest BCUT2D eigenvalue weighted by molar-refractivity contribution is 0.203. The molecule has 0 radical (unpaired) electrons. The second kappa shape index (κ2) is 5.11. The average Bonchev–Trinajstić information content (AvgIpc) is 2.17. The largest absolute Gasteiger partial charge is 0.394 e. The Bertz CT molecular complexity index is 268. The topological polar surface area (TPSA) is 78.3 Å². The smallest absolute Gasteiger partial charge is 0.144 e. The molecule has 1 aromatic heterocycles. The van der Waals surface area contributed by atoms with Crippen LogP contribution in [0.1, 0.15) is 0 Å². The van der Waals surface area contributed by atoms with Crippen LogP contribution in [0.5, 0.6) is 0 Å². The maximum Gasteiger partial charge on any atom is 0.144 e. The lowest BCUT2D eigenvalue weighted by atomic mass is 10.3. The molecule has 0 atom stereocenters. The van der Waals surface area contributed by atoms with Crippen LogP contribution in [0.2, 0.25) is 0 Å². The highest BCUT2D eigenvalue weighted by atomic mass is 79.9. The average molecular weight is 248 g/mol. The van der Waals surface area contributed by atoms with Crippen molar-refractivity contribution in [3.8, 4) is 0 Å². The molecule has 1 heterocycles. The lowest BCUT2D eigenvalue weighted by Gasteiger charge is -2.14. The monoisotopic (exact) mass is 247 g/mol. The van der Waals surface area contributed by atoms with Crippen molar-refractivity contribution in [3.05, 3.63) is 17.0 Å². The third-order valence-electron chi connectivity index (χ3n) is 1.45. The quantitative estimate of drug-likeness (QED) is 0.699. The summed E-state index contributed by atoms with van der Waals surface area (Å²) in [6.07, 6.45) is 2.97. The Labute approximate surface area is 84.0 Å². The van der Waals surface area contributed by atoms with Gasteiger partial charge in [-0.05, 0) is 15.9 Å². The fourth-order valence-corrected chi connectivity index (χ4v) is 1.10. The van der Waals surface area contributed by atoms with Gasteiger partial charge in [0.25, 0.3) is 0 Å². The van der Waals surface area contributed by atoms with E-state index in [0.29, 0.717) is 10.3 Å². The zero-order valence-electron chi connectivity index (χ0n) is 6.81. The number of halogens is 1. The highest BCUT2D eigenvalue weighted by molar-refractivity contribution is 9.10. The highest BCUT2D eigenvalue weighted by Gasteiger charge is 2.07. The maximum absolute atomic E-state index is 8.80. The van der Waals surface area contributed by atoms with Gasteiger partial charge in [-0.3, -0.25) is 0 Å². The van der Waals surface area contributed by atoms with E-state index in [1.807, 2.05) is 0 Å². The summed E-state index contributed by atoms with van der Waals surface area (Å²) in [4.78, 5) is 7.70. The molecule has 1 rings (SSSR count). The molecule has 0 saturated heterocycles. The predicted molar refractivity (Wildman–Crippen MR) is 51.3 cm³/mol. The molecule has 0 fully saturated rings. The van der Waals surface area contributed by atoms with E-state index in [-0.39, 0.29) is 13.2 Å². The molecule has 0 saturated carbocycles. The molecule has 0 aliphatic heterocycles. The van der Waals surface area contributed by atoms with E-state index in [1.165, 1.54) is 6.33 Å². The first-order valence-corrected chi connectivity index (χ1v) is 4.51. The number of aliphatic hydroxyl groups excluding tert-OH is 2.